The molecule has 2 aromatic heterocycles. The second-order valence-corrected chi connectivity index (χ2v) is 7.59. The quantitative estimate of drug-likeness (QED) is 0.700. The van der Waals surface area contributed by atoms with Crippen LogP contribution in [-0.2, 0) is 6.54 Å². The minimum atomic E-state index is -0.217. The second kappa shape index (κ2) is 6.82. The Morgan fingerprint density at radius 3 is 2.79 bits per heavy atom. The minimum Gasteiger partial charge on any atom is -0.327 e. The van der Waals surface area contributed by atoms with Gasteiger partial charge in [-0.2, -0.15) is 0 Å². The Balaban J connectivity index is 1.60. The molecule has 28 heavy (non-hydrogen) atoms. The molecule has 1 aromatic carbocycles. The summed E-state index contributed by atoms with van der Waals surface area (Å²) in [6.45, 7) is 1.31. The van der Waals surface area contributed by atoms with Crippen LogP contribution in [-0.4, -0.2) is 36.9 Å². The van der Waals surface area contributed by atoms with Crippen LogP contribution in [0.15, 0.2) is 47.7 Å². The van der Waals surface area contributed by atoms with Gasteiger partial charge in [0.25, 0.3) is 11.5 Å². The number of amides is 1. The maximum atomic E-state index is 13.2. The molecule has 5 rings (SSSR count). The van der Waals surface area contributed by atoms with Gasteiger partial charge in [0.2, 0.25) is 0 Å². The number of para-hydroxylation sites is 1. The van der Waals surface area contributed by atoms with E-state index in [1.54, 1.807) is 11.1 Å². The number of carbonyl (C=O) groups is 1. The first-order valence-electron chi connectivity index (χ1n) is 9.79. The Hall–Kier alpha value is -3.09. The summed E-state index contributed by atoms with van der Waals surface area (Å²) in [6, 6.07) is 7.23. The fraction of sp³-hybridized carbons (Fsp3) is 0.381. The molecular formula is C21H21N5O2. The largest absolute Gasteiger partial charge is 0.327 e. The van der Waals surface area contributed by atoms with Crippen molar-refractivity contribution >= 4 is 16.8 Å². The van der Waals surface area contributed by atoms with Crippen molar-refractivity contribution in [3.05, 3.63) is 64.7 Å². The van der Waals surface area contributed by atoms with Crippen LogP contribution < -0.4 is 5.56 Å². The molecule has 0 spiro atoms. The molecule has 1 saturated carbocycles. The summed E-state index contributed by atoms with van der Waals surface area (Å²) in [6.07, 6.45) is 8.52. The van der Waals surface area contributed by atoms with E-state index in [2.05, 4.69) is 9.97 Å². The van der Waals surface area contributed by atoms with Crippen molar-refractivity contribution < 1.29 is 4.79 Å². The van der Waals surface area contributed by atoms with Gasteiger partial charge in [0.15, 0.2) is 0 Å². The number of hydrogen-bond donors (Lipinski definition) is 0. The molecule has 2 fully saturated rings. The van der Waals surface area contributed by atoms with Crippen molar-refractivity contribution in [1.82, 2.24) is 24.4 Å². The molecule has 1 aliphatic heterocycles. The maximum Gasteiger partial charge on any atom is 0.274 e. The molecule has 142 valence electrons. The number of rotatable bonds is 4. The predicted molar refractivity (Wildman–Crippen MR) is 104 cm³/mol. The van der Waals surface area contributed by atoms with Crippen molar-refractivity contribution in [3.8, 4) is 0 Å². The SMILES string of the molecule is O=C(c1cnccn1)N1CCCC1c1nc2ccccc2c(=O)n1CC1CC1. The first-order valence-corrected chi connectivity index (χ1v) is 9.79. The van der Waals surface area contributed by atoms with E-state index in [9.17, 15) is 9.59 Å². The highest BCUT2D eigenvalue weighted by Gasteiger charge is 2.35. The fourth-order valence-electron chi connectivity index (χ4n) is 4.01. The smallest absolute Gasteiger partial charge is 0.274 e. The van der Waals surface area contributed by atoms with E-state index in [1.807, 2.05) is 28.8 Å². The summed E-state index contributed by atoms with van der Waals surface area (Å²) < 4.78 is 1.81. The lowest BCUT2D eigenvalue weighted by Gasteiger charge is -2.26. The van der Waals surface area contributed by atoms with Crippen LogP contribution in [0, 0.1) is 5.92 Å². The third-order valence-corrected chi connectivity index (χ3v) is 5.62. The van der Waals surface area contributed by atoms with Crippen molar-refractivity contribution in [3.63, 3.8) is 0 Å². The zero-order valence-electron chi connectivity index (χ0n) is 15.5. The summed E-state index contributed by atoms with van der Waals surface area (Å²) >= 11 is 0. The van der Waals surface area contributed by atoms with E-state index in [4.69, 9.17) is 4.98 Å². The monoisotopic (exact) mass is 375 g/mol. The van der Waals surface area contributed by atoms with Gasteiger partial charge >= 0.3 is 0 Å². The second-order valence-electron chi connectivity index (χ2n) is 7.59. The lowest BCUT2D eigenvalue weighted by molar-refractivity contribution is 0.0720. The molecule has 0 bridgehead atoms. The first kappa shape index (κ1) is 17.0. The number of benzene rings is 1. The molecular weight excluding hydrogens is 354 g/mol. The lowest BCUT2D eigenvalue weighted by atomic mass is 10.1. The van der Waals surface area contributed by atoms with Crippen LogP contribution in [0.5, 0.6) is 0 Å². The fourth-order valence-corrected chi connectivity index (χ4v) is 4.01. The van der Waals surface area contributed by atoms with E-state index in [0.717, 1.165) is 25.7 Å². The van der Waals surface area contributed by atoms with Crippen LogP contribution in [0.3, 0.4) is 0 Å². The zero-order chi connectivity index (χ0) is 19.1. The van der Waals surface area contributed by atoms with E-state index >= 15 is 0 Å². The first-order chi connectivity index (χ1) is 13.7. The molecule has 3 heterocycles. The van der Waals surface area contributed by atoms with Gasteiger partial charge in [-0.1, -0.05) is 12.1 Å². The topological polar surface area (TPSA) is 81.0 Å². The number of aromatic nitrogens is 4. The highest BCUT2D eigenvalue weighted by atomic mass is 16.2. The number of carbonyl (C=O) groups excluding carboxylic acids is 1. The third-order valence-electron chi connectivity index (χ3n) is 5.62. The van der Waals surface area contributed by atoms with Gasteiger partial charge in [-0.3, -0.25) is 19.1 Å². The molecule has 0 N–H and O–H groups in total. The highest BCUT2D eigenvalue weighted by molar-refractivity contribution is 5.92. The third kappa shape index (κ3) is 2.96. The van der Waals surface area contributed by atoms with Gasteiger partial charge in [0.1, 0.15) is 11.5 Å². The van der Waals surface area contributed by atoms with Gasteiger partial charge in [0.05, 0.1) is 23.1 Å². The van der Waals surface area contributed by atoms with Gasteiger partial charge in [0, 0.05) is 25.5 Å². The van der Waals surface area contributed by atoms with Crippen LogP contribution in [0.4, 0.5) is 0 Å². The Labute approximate surface area is 162 Å². The Morgan fingerprint density at radius 2 is 2.00 bits per heavy atom. The van der Waals surface area contributed by atoms with Crippen LogP contribution in [0.25, 0.3) is 10.9 Å². The molecule has 2 aliphatic rings. The Kier molecular flexibility index (Phi) is 4.15. The Morgan fingerprint density at radius 1 is 1.14 bits per heavy atom. The van der Waals surface area contributed by atoms with Crippen molar-refractivity contribution in [1.29, 1.82) is 0 Å². The molecule has 0 radical (unpaired) electrons. The number of nitrogens with zero attached hydrogens (tertiary/aromatic N) is 5. The summed E-state index contributed by atoms with van der Waals surface area (Å²) in [7, 11) is 0. The summed E-state index contributed by atoms with van der Waals surface area (Å²) in [5, 5.41) is 0.636. The molecule has 1 aliphatic carbocycles. The molecule has 7 nitrogen and oxygen atoms in total. The van der Waals surface area contributed by atoms with E-state index < -0.39 is 0 Å². The van der Waals surface area contributed by atoms with Gasteiger partial charge < -0.3 is 4.90 Å². The molecule has 1 amide bonds. The van der Waals surface area contributed by atoms with Gasteiger partial charge in [-0.25, -0.2) is 9.97 Å². The van der Waals surface area contributed by atoms with Gasteiger partial charge in [-0.15, -0.1) is 0 Å². The average molecular weight is 375 g/mol. The van der Waals surface area contributed by atoms with Gasteiger partial charge in [-0.05, 0) is 43.7 Å². The maximum absolute atomic E-state index is 13.2. The molecule has 1 saturated heterocycles. The van der Waals surface area contributed by atoms with Crippen LogP contribution >= 0.6 is 0 Å². The summed E-state index contributed by atoms with van der Waals surface area (Å²) in [5.74, 6) is 1.08. The van der Waals surface area contributed by atoms with Crippen molar-refractivity contribution in [2.45, 2.75) is 38.3 Å². The van der Waals surface area contributed by atoms with Crippen molar-refractivity contribution in [2.75, 3.05) is 6.54 Å². The van der Waals surface area contributed by atoms with Crippen molar-refractivity contribution in [2.24, 2.45) is 5.92 Å². The van der Waals surface area contributed by atoms with E-state index in [1.165, 1.54) is 12.4 Å². The number of hydrogen-bond acceptors (Lipinski definition) is 5. The minimum absolute atomic E-state index is 0.00805. The summed E-state index contributed by atoms with van der Waals surface area (Å²) in [5.41, 5.74) is 1.01. The van der Waals surface area contributed by atoms with Crippen LogP contribution in [0.2, 0.25) is 0 Å². The lowest BCUT2D eigenvalue weighted by Crippen LogP contribution is -2.36. The van der Waals surface area contributed by atoms with E-state index in [0.29, 0.717) is 41.4 Å². The molecule has 1 atom stereocenters. The average Bonchev–Trinajstić information content (AvgIpc) is 3.43. The molecule has 7 heteroatoms. The number of fused-ring (bicyclic) bond motifs is 1. The summed E-state index contributed by atoms with van der Waals surface area (Å²) in [4.78, 5) is 41.1. The standard InChI is InChI=1S/C21H21N5O2/c27-20-15-4-1-2-5-16(15)24-19(26(20)13-14-7-8-14)18-6-3-11-25(18)21(28)17-12-22-9-10-23-17/h1-2,4-5,9-10,12,14,18H,3,6-8,11,13H2. The molecule has 1 unspecified atom stereocenters. The normalized spacial score (nSPS) is 19.3. The zero-order valence-corrected chi connectivity index (χ0v) is 15.5. The van der Waals surface area contributed by atoms with Crippen LogP contribution in [0.1, 0.15) is 48.0 Å². The van der Waals surface area contributed by atoms with E-state index in [-0.39, 0.29) is 17.5 Å². The Bertz CT molecular complexity index is 1090. The highest BCUT2D eigenvalue weighted by Crippen LogP contribution is 2.35. The predicted octanol–water partition coefficient (Wildman–Crippen LogP) is 2.57. The molecule has 3 aromatic rings. The number of likely N-dealkylation sites (tertiary alicyclic amines) is 1.